The Morgan fingerprint density at radius 1 is 1.20 bits per heavy atom. The second-order valence-corrected chi connectivity index (χ2v) is 5.18. The molecule has 0 aromatic rings. The Morgan fingerprint density at radius 2 is 1.73 bits per heavy atom. The molecule has 1 aliphatic rings. The molecular weight excluding hydrogens is 192 g/mol. The van der Waals surface area contributed by atoms with Gasteiger partial charge in [0.05, 0.1) is 0 Å². The van der Waals surface area contributed by atoms with E-state index in [-0.39, 0.29) is 10.7 Å². The number of carbonyl (C=O) groups is 1. The van der Waals surface area contributed by atoms with Crippen LogP contribution in [-0.4, -0.2) is 36.4 Å². The van der Waals surface area contributed by atoms with Gasteiger partial charge in [0.2, 0.25) is 0 Å². The highest BCUT2D eigenvalue weighted by Gasteiger charge is 2.41. The second kappa shape index (κ2) is 4.49. The minimum atomic E-state index is -0.406. The Morgan fingerprint density at radius 3 is 2.13 bits per heavy atom. The number of quaternary nitrogens is 1. The van der Waals surface area contributed by atoms with E-state index < -0.39 is 5.60 Å². The fraction of sp³-hybridized carbons (Fsp3) is 0.909. The van der Waals surface area contributed by atoms with Crippen molar-refractivity contribution in [3.8, 4) is 0 Å². The van der Waals surface area contributed by atoms with Gasteiger partial charge in [-0.25, -0.2) is 0 Å². The zero-order chi connectivity index (χ0) is 11.5. The predicted molar refractivity (Wildman–Crippen MR) is 59.1 cm³/mol. The smallest absolute Gasteiger partial charge is 0.413 e. The average Bonchev–Trinajstić information content (AvgIpc) is 2.16. The number of hydrogen-bond acceptors (Lipinski definition) is 3. The maximum atomic E-state index is 12.1. The van der Waals surface area contributed by atoms with Crippen LogP contribution in [0.1, 0.15) is 40.0 Å². The summed E-state index contributed by atoms with van der Waals surface area (Å²) in [7, 11) is 1.83. The maximum Gasteiger partial charge on any atom is 0.536 e. The number of likely N-dealkylation sites (tertiary alicyclic amines) is 1. The van der Waals surface area contributed by atoms with Crippen molar-refractivity contribution in [1.82, 2.24) is 5.43 Å². The Labute approximate surface area is 92.1 Å². The van der Waals surface area contributed by atoms with Gasteiger partial charge in [-0.3, -0.25) is 0 Å². The van der Waals surface area contributed by atoms with Crippen LogP contribution < -0.4 is 5.43 Å². The first-order valence-electron chi connectivity index (χ1n) is 5.69. The molecule has 1 N–H and O–H groups in total. The number of piperidine rings is 1. The summed E-state index contributed by atoms with van der Waals surface area (Å²) in [6.07, 6.45) is 3.23. The van der Waals surface area contributed by atoms with E-state index in [2.05, 4.69) is 5.43 Å². The number of carbonyl (C=O) groups excluding carboxylic acids is 1. The Hall–Kier alpha value is -0.610. The summed E-state index contributed by atoms with van der Waals surface area (Å²) in [5.41, 5.74) is 2.70. The predicted octanol–water partition coefficient (Wildman–Crippen LogP) is 2.06. The summed E-state index contributed by atoms with van der Waals surface area (Å²) < 4.78 is 5.72. The van der Waals surface area contributed by atoms with Crippen molar-refractivity contribution in [2.24, 2.45) is 0 Å². The van der Waals surface area contributed by atoms with Crippen LogP contribution in [0.25, 0.3) is 0 Å². The summed E-state index contributed by atoms with van der Waals surface area (Å²) in [4.78, 5) is 12.1. The van der Waals surface area contributed by atoms with Gasteiger partial charge in [0.15, 0.2) is 0 Å². The van der Waals surface area contributed by atoms with Gasteiger partial charge in [0.1, 0.15) is 18.7 Å². The molecule has 0 aromatic carbocycles. The van der Waals surface area contributed by atoms with E-state index in [0.29, 0.717) is 0 Å². The van der Waals surface area contributed by atoms with Crippen LogP contribution in [0.5, 0.6) is 0 Å². The van der Waals surface area contributed by atoms with Gasteiger partial charge in [0, 0.05) is 7.05 Å². The van der Waals surface area contributed by atoms with Crippen molar-refractivity contribution in [3.05, 3.63) is 0 Å². The van der Waals surface area contributed by atoms with Crippen LogP contribution in [0.4, 0.5) is 4.79 Å². The van der Waals surface area contributed by atoms with Crippen molar-refractivity contribution < 1.29 is 14.1 Å². The lowest BCUT2D eigenvalue weighted by atomic mass is 10.1. The van der Waals surface area contributed by atoms with E-state index in [4.69, 9.17) is 4.74 Å². The summed E-state index contributed by atoms with van der Waals surface area (Å²) in [5.74, 6) is 0. The average molecular weight is 215 g/mol. The fourth-order valence-corrected chi connectivity index (χ4v) is 1.90. The lowest BCUT2D eigenvalue weighted by molar-refractivity contribution is -0.904. The van der Waals surface area contributed by atoms with E-state index in [9.17, 15) is 4.79 Å². The van der Waals surface area contributed by atoms with Gasteiger partial charge >= 0.3 is 6.09 Å². The van der Waals surface area contributed by atoms with Crippen LogP contribution in [0.3, 0.4) is 0 Å². The zero-order valence-electron chi connectivity index (χ0n) is 10.3. The summed E-state index contributed by atoms with van der Waals surface area (Å²) in [6, 6.07) is 0. The van der Waals surface area contributed by atoms with Gasteiger partial charge in [-0.05, 0) is 40.0 Å². The van der Waals surface area contributed by atoms with Crippen molar-refractivity contribution in [2.75, 3.05) is 20.1 Å². The molecule has 1 fully saturated rings. The molecule has 88 valence electrons. The van der Waals surface area contributed by atoms with Crippen molar-refractivity contribution in [2.45, 2.75) is 45.6 Å². The normalized spacial score (nSPS) is 21.1. The second-order valence-electron chi connectivity index (χ2n) is 5.18. The highest BCUT2D eigenvalue weighted by molar-refractivity contribution is 5.60. The maximum absolute atomic E-state index is 12.1. The molecule has 4 nitrogen and oxygen atoms in total. The molecule has 1 saturated heterocycles. The molecule has 0 saturated carbocycles. The molecule has 1 amide bonds. The number of ether oxygens (including phenoxy) is 1. The van der Waals surface area contributed by atoms with Crippen molar-refractivity contribution >= 4 is 6.09 Å². The van der Waals surface area contributed by atoms with Crippen LogP contribution in [-0.2, 0) is 4.74 Å². The minimum Gasteiger partial charge on any atom is -0.413 e. The highest BCUT2D eigenvalue weighted by atomic mass is 16.6. The standard InChI is InChI=1S/C11H23N2O2/c1-11(2,3)15-10(14)13(12-4)8-6-5-7-9-13/h12H,5-9H2,1-4H3/q+1. The number of rotatable bonds is 1. The lowest BCUT2D eigenvalue weighted by Gasteiger charge is -2.37. The van der Waals surface area contributed by atoms with E-state index in [1.807, 2.05) is 27.8 Å². The van der Waals surface area contributed by atoms with Crippen molar-refractivity contribution in [1.29, 1.82) is 0 Å². The molecule has 0 spiro atoms. The van der Waals surface area contributed by atoms with Crippen LogP contribution in [0, 0.1) is 0 Å². The number of nitrogens with one attached hydrogen (secondary N) is 1. The summed E-state index contributed by atoms with van der Waals surface area (Å²) in [5, 5.41) is 0. The van der Waals surface area contributed by atoms with Gasteiger partial charge in [0.25, 0.3) is 0 Å². The number of amides is 1. The van der Waals surface area contributed by atoms with Gasteiger partial charge in [-0.15, -0.1) is 4.59 Å². The quantitative estimate of drug-likeness (QED) is 0.680. The largest absolute Gasteiger partial charge is 0.536 e. The first-order valence-corrected chi connectivity index (χ1v) is 5.69. The molecule has 1 aliphatic heterocycles. The molecule has 0 aliphatic carbocycles. The molecular formula is C11H23N2O2+. The lowest BCUT2D eigenvalue weighted by Crippen LogP contribution is -2.63. The van der Waals surface area contributed by atoms with E-state index in [1.54, 1.807) is 0 Å². The Bertz CT molecular complexity index is 227. The number of hydrogen-bond donors (Lipinski definition) is 1. The molecule has 0 aromatic heterocycles. The fourth-order valence-electron chi connectivity index (χ4n) is 1.90. The van der Waals surface area contributed by atoms with Crippen LogP contribution >= 0.6 is 0 Å². The van der Waals surface area contributed by atoms with Gasteiger partial charge in [-0.2, -0.15) is 10.2 Å². The molecule has 1 heterocycles. The van der Waals surface area contributed by atoms with Gasteiger partial charge < -0.3 is 4.74 Å². The minimum absolute atomic E-state index is 0.148. The summed E-state index contributed by atoms with van der Waals surface area (Å²) in [6.45, 7) is 7.39. The van der Waals surface area contributed by atoms with E-state index in [1.165, 1.54) is 6.42 Å². The van der Waals surface area contributed by atoms with Gasteiger partial charge in [-0.1, -0.05) is 0 Å². The molecule has 15 heavy (non-hydrogen) atoms. The zero-order valence-corrected chi connectivity index (χ0v) is 10.3. The van der Waals surface area contributed by atoms with E-state index >= 15 is 0 Å². The molecule has 0 bridgehead atoms. The summed E-state index contributed by atoms with van der Waals surface area (Å²) >= 11 is 0. The number of nitrogens with zero attached hydrogens (tertiary/aromatic N) is 1. The highest BCUT2D eigenvalue weighted by Crippen LogP contribution is 2.20. The molecule has 4 heteroatoms. The van der Waals surface area contributed by atoms with Crippen LogP contribution in [0.15, 0.2) is 0 Å². The third-order valence-corrected chi connectivity index (χ3v) is 2.75. The first kappa shape index (κ1) is 12.5. The Balaban J connectivity index is 2.68. The molecule has 0 atom stereocenters. The van der Waals surface area contributed by atoms with Crippen LogP contribution in [0.2, 0.25) is 0 Å². The molecule has 0 unspecified atom stereocenters. The Kier molecular flexibility index (Phi) is 3.73. The van der Waals surface area contributed by atoms with Crippen molar-refractivity contribution in [3.63, 3.8) is 0 Å². The SMILES string of the molecule is CN[N+]1(C(=O)OC(C)(C)C)CCCCC1. The molecule has 1 rings (SSSR count). The third-order valence-electron chi connectivity index (χ3n) is 2.75. The monoisotopic (exact) mass is 215 g/mol. The third kappa shape index (κ3) is 3.18. The van der Waals surface area contributed by atoms with E-state index in [0.717, 1.165) is 25.9 Å². The topological polar surface area (TPSA) is 38.3 Å². The molecule has 0 radical (unpaired) electrons. The first-order chi connectivity index (χ1) is 6.90.